The van der Waals surface area contributed by atoms with Crippen LogP contribution in [0.25, 0.3) is 0 Å². The third kappa shape index (κ3) is 1.65. The van der Waals surface area contributed by atoms with Crippen molar-refractivity contribution in [1.82, 2.24) is 0 Å². The van der Waals surface area contributed by atoms with E-state index in [4.69, 9.17) is 19.5 Å². The Bertz CT molecular complexity index is 385. The van der Waals surface area contributed by atoms with Gasteiger partial charge < -0.3 is 9.47 Å². The van der Waals surface area contributed by atoms with E-state index in [0.29, 0.717) is 5.92 Å². The van der Waals surface area contributed by atoms with Gasteiger partial charge >= 0.3 is 0 Å². The third-order valence-electron chi connectivity index (χ3n) is 3.89. The first-order valence-corrected chi connectivity index (χ1v) is 6.14. The normalized spacial score (nSPS) is 34.4. The van der Waals surface area contributed by atoms with Gasteiger partial charge in [-0.15, -0.1) is 0 Å². The molecule has 2 rings (SSSR count). The lowest BCUT2D eigenvalue weighted by atomic mass is 9.99. The molecule has 2 atom stereocenters. The van der Waals surface area contributed by atoms with E-state index in [1.165, 1.54) is 0 Å². The zero-order valence-corrected chi connectivity index (χ0v) is 11.6. The second-order valence-electron chi connectivity index (χ2n) is 5.90. The number of hydrogen-bond acceptors (Lipinski definition) is 4. The lowest BCUT2D eigenvalue weighted by molar-refractivity contribution is 0.320. The summed E-state index contributed by atoms with van der Waals surface area (Å²) >= 11 is 0. The van der Waals surface area contributed by atoms with Gasteiger partial charge in [-0.25, -0.2) is 9.98 Å². The smallest absolute Gasteiger partial charge is 0.213 e. The number of hydrogen-bond donors (Lipinski definition) is 0. The lowest BCUT2D eigenvalue weighted by Crippen LogP contribution is -2.40. The Balaban J connectivity index is 2.39. The highest BCUT2D eigenvalue weighted by Crippen LogP contribution is 2.60. The van der Waals surface area contributed by atoms with E-state index in [-0.39, 0.29) is 17.0 Å². The van der Waals surface area contributed by atoms with Gasteiger partial charge in [-0.1, -0.05) is 27.7 Å². The molecule has 17 heavy (non-hydrogen) atoms. The average molecular weight is 238 g/mol. The van der Waals surface area contributed by atoms with Gasteiger partial charge in [0.25, 0.3) is 0 Å². The fraction of sp³-hybridized carbons (Fsp3) is 0.846. The third-order valence-corrected chi connectivity index (χ3v) is 3.89. The average Bonchev–Trinajstić information content (AvgIpc) is 2.79. The second kappa shape index (κ2) is 3.72. The van der Waals surface area contributed by atoms with Gasteiger partial charge in [0.15, 0.2) is 0 Å². The molecule has 1 fully saturated rings. The summed E-state index contributed by atoms with van der Waals surface area (Å²) in [5, 5.41) is 0. The zero-order chi connectivity index (χ0) is 12.8. The molecule has 0 bridgehead atoms. The van der Waals surface area contributed by atoms with Crippen molar-refractivity contribution in [2.45, 2.75) is 45.7 Å². The number of ether oxygens (including phenoxy) is 2. The van der Waals surface area contributed by atoms with Crippen LogP contribution in [0.2, 0.25) is 0 Å². The van der Waals surface area contributed by atoms with Crippen LogP contribution in [0.5, 0.6) is 0 Å². The van der Waals surface area contributed by atoms with E-state index in [0.717, 1.165) is 18.2 Å². The van der Waals surface area contributed by atoms with E-state index in [2.05, 4.69) is 27.7 Å². The Hall–Kier alpha value is -1.06. The first kappa shape index (κ1) is 12.4. The maximum atomic E-state index is 5.47. The molecule has 4 nitrogen and oxygen atoms in total. The van der Waals surface area contributed by atoms with Crippen LogP contribution in [0, 0.1) is 11.3 Å². The van der Waals surface area contributed by atoms with E-state index < -0.39 is 0 Å². The molecule has 0 aromatic rings. The van der Waals surface area contributed by atoms with Gasteiger partial charge in [0.05, 0.1) is 14.2 Å². The quantitative estimate of drug-likeness (QED) is 0.703. The molecule has 0 radical (unpaired) electrons. The minimum Gasteiger partial charge on any atom is -0.483 e. The van der Waals surface area contributed by atoms with E-state index in [1.54, 1.807) is 14.2 Å². The molecule has 2 aliphatic rings. The molecule has 1 aliphatic carbocycles. The van der Waals surface area contributed by atoms with Crippen molar-refractivity contribution in [2.75, 3.05) is 14.2 Å². The number of methoxy groups -OCH3 is 2. The Morgan fingerprint density at radius 2 is 1.82 bits per heavy atom. The molecule has 0 aromatic carbocycles. The Kier molecular flexibility index (Phi) is 2.71. The van der Waals surface area contributed by atoms with Crippen LogP contribution in [0.3, 0.4) is 0 Å². The maximum absolute atomic E-state index is 5.47. The van der Waals surface area contributed by atoms with Gasteiger partial charge in [-0.2, -0.15) is 0 Å². The molecule has 0 saturated heterocycles. The lowest BCUT2D eigenvalue weighted by Gasteiger charge is -2.28. The van der Waals surface area contributed by atoms with E-state index >= 15 is 0 Å². The largest absolute Gasteiger partial charge is 0.483 e. The number of aliphatic imine (C=N–C) groups is 2. The number of rotatable bonds is 1. The molecule has 0 unspecified atom stereocenters. The van der Waals surface area contributed by atoms with Gasteiger partial charge in [0, 0.05) is 5.41 Å². The molecule has 1 spiro atoms. The minimum absolute atomic E-state index is 0.0167. The van der Waals surface area contributed by atoms with Crippen molar-refractivity contribution in [2.24, 2.45) is 21.3 Å². The zero-order valence-electron chi connectivity index (χ0n) is 11.6. The second-order valence-corrected chi connectivity index (χ2v) is 5.90. The Morgan fingerprint density at radius 3 is 2.18 bits per heavy atom. The minimum atomic E-state index is -0.279. The van der Waals surface area contributed by atoms with E-state index in [9.17, 15) is 0 Å². The maximum Gasteiger partial charge on any atom is 0.213 e. The Labute approximate surface area is 103 Å². The predicted molar refractivity (Wildman–Crippen MR) is 68.6 cm³/mol. The van der Waals surface area contributed by atoms with Crippen molar-refractivity contribution in [3.8, 4) is 0 Å². The fourth-order valence-corrected chi connectivity index (χ4v) is 2.56. The monoisotopic (exact) mass is 238 g/mol. The van der Waals surface area contributed by atoms with Crippen molar-refractivity contribution < 1.29 is 9.47 Å². The van der Waals surface area contributed by atoms with Gasteiger partial charge in [0.2, 0.25) is 11.8 Å². The first-order chi connectivity index (χ1) is 7.88. The summed E-state index contributed by atoms with van der Waals surface area (Å²) in [6, 6.07) is -0.0167. The Morgan fingerprint density at radius 1 is 1.24 bits per heavy atom. The molecule has 0 aromatic heterocycles. The fourth-order valence-electron chi connectivity index (χ4n) is 2.56. The summed E-state index contributed by atoms with van der Waals surface area (Å²) in [5.41, 5.74) is -0.161. The predicted octanol–water partition coefficient (Wildman–Crippen LogP) is 2.28. The van der Waals surface area contributed by atoms with Crippen LogP contribution in [0.1, 0.15) is 34.1 Å². The summed E-state index contributed by atoms with van der Waals surface area (Å²) in [5.74, 6) is 1.87. The molecular formula is C13H22N2O2. The molecule has 96 valence electrons. The van der Waals surface area contributed by atoms with Crippen LogP contribution in [-0.2, 0) is 9.47 Å². The summed E-state index contributed by atoms with van der Waals surface area (Å²) in [7, 11) is 3.35. The van der Waals surface area contributed by atoms with Crippen LogP contribution >= 0.6 is 0 Å². The highest BCUT2D eigenvalue weighted by atomic mass is 16.5. The van der Waals surface area contributed by atoms with Crippen molar-refractivity contribution in [1.29, 1.82) is 0 Å². The highest BCUT2D eigenvalue weighted by molar-refractivity contribution is 6.00. The van der Waals surface area contributed by atoms with Crippen molar-refractivity contribution in [3.05, 3.63) is 0 Å². The first-order valence-electron chi connectivity index (χ1n) is 6.14. The van der Waals surface area contributed by atoms with Gasteiger partial charge in [0.1, 0.15) is 11.6 Å². The van der Waals surface area contributed by atoms with Crippen LogP contribution in [0.4, 0.5) is 0 Å². The summed E-state index contributed by atoms with van der Waals surface area (Å²) in [6.45, 7) is 8.61. The summed E-state index contributed by atoms with van der Waals surface area (Å²) < 4.78 is 10.9. The molecule has 1 saturated carbocycles. The molecular weight excluding hydrogens is 216 g/mol. The SMILES string of the molecule is COC1=N[C@]2(CC2(C)C)C(OC)=N[C@H]1C(C)C. The molecule has 1 aliphatic heterocycles. The van der Waals surface area contributed by atoms with Crippen LogP contribution in [0.15, 0.2) is 9.98 Å². The van der Waals surface area contributed by atoms with Gasteiger partial charge in [-0.05, 0) is 12.3 Å². The molecule has 4 heteroatoms. The van der Waals surface area contributed by atoms with Gasteiger partial charge in [-0.3, -0.25) is 0 Å². The van der Waals surface area contributed by atoms with Crippen LogP contribution in [-0.4, -0.2) is 37.6 Å². The number of nitrogens with zero attached hydrogens (tertiary/aromatic N) is 2. The highest BCUT2D eigenvalue weighted by Gasteiger charge is 2.68. The van der Waals surface area contributed by atoms with Crippen molar-refractivity contribution >= 4 is 11.8 Å². The van der Waals surface area contributed by atoms with E-state index in [1.807, 2.05) is 0 Å². The van der Waals surface area contributed by atoms with Crippen LogP contribution < -0.4 is 0 Å². The summed E-state index contributed by atoms with van der Waals surface area (Å²) in [4.78, 5) is 9.49. The summed E-state index contributed by atoms with van der Waals surface area (Å²) in [6.07, 6.45) is 0.977. The van der Waals surface area contributed by atoms with Crippen molar-refractivity contribution in [3.63, 3.8) is 0 Å². The molecule has 0 amide bonds. The topological polar surface area (TPSA) is 43.2 Å². The standard InChI is InChI=1S/C13H22N2O2/c1-8(2)9-10(16-5)15-13(7-12(13,3)4)11(14-9)17-6/h8-9H,7H2,1-6H3/t9-,13+/m0/s1. The molecule has 0 N–H and O–H groups in total. The molecule has 1 heterocycles.